The summed E-state index contributed by atoms with van der Waals surface area (Å²) in [7, 11) is 0. The fraction of sp³-hybridized carbons (Fsp3) is 0. The molecule has 166 valence electrons. The van der Waals surface area contributed by atoms with Crippen LogP contribution in [0.5, 0.6) is 0 Å². The van der Waals surface area contributed by atoms with Crippen molar-refractivity contribution in [2.24, 2.45) is 0 Å². The van der Waals surface area contributed by atoms with Crippen LogP contribution in [-0.2, 0) is 62.9 Å². The second kappa shape index (κ2) is 43.3. The fourth-order valence-electron chi connectivity index (χ4n) is 0. The van der Waals surface area contributed by atoms with Crippen molar-refractivity contribution in [3.05, 3.63) is 0 Å². The van der Waals surface area contributed by atoms with E-state index in [1.165, 1.54) is 0 Å². The number of carbonyl (C=O) groups is 6. The van der Waals surface area contributed by atoms with Gasteiger partial charge in [-0.05, 0) is 0 Å². The molecule has 0 fully saturated rings. The van der Waals surface area contributed by atoms with E-state index in [1.54, 1.807) is 0 Å². The van der Waals surface area contributed by atoms with E-state index < -0.39 is 35.8 Å². The molecule has 0 aromatic heterocycles. The van der Waals surface area contributed by atoms with E-state index in [9.17, 15) is 0 Å². The summed E-state index contributed by atoms with van der Waals surface area (Å²) in [4.78, 5) is 54.6. The second-order valence-electron chi connectivity index (χ2n) is 1.83. The Labute approximate surface area is 162 Å². The minimum atomic E-state index is -1.82. The van der Waals surface area contributed by atoms with Gasteiger partial charge >= 0.3 is 35.8 Å². The molecule has 0 aliphatic rings. The molecule has 0 aliphatic heterocycles. The van der Waals surface area contributed by atoms with Gasteiger partial charge < -0.3 is 63.5 Å². The first-order valence-electron chi connectivity index (χ1n) is 3.32. The number of carboxylic acids is 6. The Hall–Kier alpha value is -2.38. The van der Waals surface area contributed by atoms with Crippen LogP contribution in [0, 0.1) is 0 Å². The number of rotatable bonds is 0. The van der Waals surface area contributed by atoms with Gasteiger partial charge in [-0.15, -0.1) is 0 Å². The summed E-state index contributed by atoms with van der Waals surface area (Å²) in [6, 6.07) is 0. The molecule has 0 saturated heterocycles. The molecule has 0 heterocycles. The molecule has 0 spiro atoms. The maximum Gasteiger partial charge on any atom is 0.414 e. The molecule has 0 radical (unpaired) electrons. The van der Waals surface area contributed by atoms with E-state index >= 15 is 0 Å². The molecule has 0 bridgehead atoms. The second-order valence-corrected chi connectivity index (χ2v) is 1.83. The van der Waals surface area contributed by atoms with Crippen molar-refractivity contribution in [1.82, 2.24) is 0 Å². The van der Waals surface area contributed by atoms with Crippen molar-refractivity contribution in [3.63, 3.8) is 0 Å². The van der Waals surface area contributed by atoms with Gasteiger partial charge in [0.25, 0.3) is 0 Å². The smallest absolute Gasteiger partial charge is 0.414 e. The third-order valence-electron chi connectivity index (χ3n) is 0.549. The first-order chi connectivity index (χ1) is 7.93. The van der Waals surface area contributed by atoms with Crippen LogP contribution in [0.3, 0.4) is 0 Å². The minimum absolute atomic E-state index is 0. The summed E-state index contributed by atoms with van der Waals surface area (Å²) in [5.74, 6) is -10.9. The first kappa shape index (κ1) is 75.9. The van der Waals surface area contributed by atoms with Crippen LogP contribution >= 0.6 is 0 Å². The number of hydrogen-bond donors (Lipinski definition) is 6. The molecular weight excluding hydrogens is 472 g/mol. The monoisotopic (exact) mass is 490 g/mol. The van der Waals surface area contributed by atoms with Crippen LogP contribution in [0.15, 0.2) is 0 Å². The van der Waals surface area contributed by atoms with Gasteiger partial charge in [0.1, 0.15) is 0 Å². The van der Waals surface area contributed by atoms with Gasteiger partial charge in [0.2, 0.25) is 0 Å². The van der Waals surface area contributed by atoms with E-state index in [4.69, 9.17) is 59.4 Å². The molecule has 18 nitrogen and oxygen atoms in total. The fourth-order valence-corrected chi connectivity index (χ4v) is 0. The molecule has 0 amide bonds. The topological polar surface area (TPSA) is 413 Å². The predicted molar refractivity (Wildman–Crippen MR) is 67.5 cm³/mol. The normalized spacial score (nSPS) is 5.08. The quantitative estimate of drug-likeness (QED) is 0.136. The zero-order valence-corrected chi connectivity index (χ0v) is 14.0. The van der Waals surface area contributed by atoms with Crippen LogP contribution in [0.4, 0.5) is 0 Å². The zero-order chi connectivity index (χ0) is 15.5. The summed E-state index contributed by atoms with van der Waals surface area (Å²) in [5, 5.41) is 44.3. The molecule has 0 aliphatic carbocycles. The van der Waals surface area contributed by atoms with Crippen LogP contribution in [0.25, 0.3) is 0 Å². The van der Waals surface area contributed by atoms with Crippen molar-refractivity contribution < 1.29 is 126 Å². The molecule has 26 heavy (non-hydrogen) atoms. The van der Waals surface area contributed by atoms with E-state index in [0.29, 0.717) is 0 Å². The number of carboxylic acid groups (broad SMARTS) is 6. The molecule has 20 heteroatoms. The number of hydrogen-bond acceptors (Lipinski definition) is 6. The summed E-state index contributed by atoms with van der Waals surface area (Å²) in [5.41, 5.74) is 0. The molecule has 0 aromatic carbocycles. The summed E-state index contributed by atoms with van der Waals surface area (Å²) in [6.45, 7) is 0. The molecule has 0 unspecified atom stereocenters. The van der Waals surface area contributed by atoms with Gasteiger partial charge in [0.15, 0.2) is 0 Å². The third-order valence-corrected chi connectivity index (χ3v) is 0.549. The average molecular weight is 490 g/mol. The van der Waals surface area contributed by atoms with Crippen molar-refractivity contribution in [1.29, 1.82) is 0 Å². The van der Waals surface area contributed by atoms with E-state index in [1.807, 2.05) is 0 Å². The Morgan fingerprint density at radius 2 is 0.346 bits per heavy atom. The standard InChI is InChI=1S/3C2H2O4.2Fe.6H2O/c3*3-1(4)2(5)6;;;;;;;;/h3*(H,3,4)(H,5,6);;;6*1H2. The van der Waals surface area contributed by atoms with Crippen LogP contribution < -0.4 is 0 Å². The van der Waals surface area contributed by atoms with Gasteiger partial charge in [0.05, 0.1) is 0 Å². The van der Waals surface area contributed by atoms with Gasteiger partial charge in [-0.2, -0.15) is 0 Å². The Bertz CT molecular complexity index is 285. The average Bonchev–Trinajstić information content (AvgIpc) is 2.18. The van der Waals surface area contributed by atoms with Crippen LogP contribution in [0.2, 0.25) is 0 Å². The molecule has 0 rings (SSSR count). The van der Waals surface area contributed by atoms with Crippen molar-refractivity contribution >= 4 is 35.8 Å². The third kappa shape index (κ3) is 99.3. The van der Waals surface area contributed by atoms with Crippen molar-refractivity contribution in [2.45, 2.75) is 0 Å². The Kier molecular flexibility index (Phi) is 126. The molecule has 18 N–H and O–H groups in total. The Balaban J connectivity index is -0.0000000125. The van der Waals surface area contributed by atoms with Gasteiger partial charge in [0, 0.05) is 34.1 Å². The first-order valence-corrected chi connectivity index (χ1v) is 3.32. The SMILES string of the molecule is O.O.O.O.O.O.O=C(O)C(=O)O.O=C(O)C(=O)O.O=C(O)C(=O)O.[Fe].[Fe]. The maximum atomic E-state index is 9.10. The summed E-state index contributed by atoms with van der Waals surface area (Å²) < 4.78 is 0. The van der Waals surface area contributed by atoms with Crippen LogP contribution in [-0.4, -0.2) is 99.3 Å². The molecular formula is C6H18Fe2O18. The van der Waals surface area contributed by atoms with Gasteiger partial charge in [-0.1, -0.05) is 0 Å². The largest absolute Gasteiger partial charge is 0.473 e. The van der Waals surface area contributed by atoms with E-state index in [-0.39, 0.29) is 67.0 Å². The Morgan fingerprint density at radius 1 is 0.308 bits per heavy atom. The van der Waals surface area contributed by atoms with Gasteiger partial charge in [-0.3, -0.25) is 0 Å². The van der Waals surface area contributed by atoms with Crippen LogP contribution in [0.1, 0.15) is 0 Å². The molecule has 0 saturated carbocycles. The maximum absolute atomic E-state index is 9.10. The number of aliphatic carboxylic acids is 6. The van der Waals surface area contributed by atoms with Crippen molar-refractivity contribution in [2.75, 3.05) is 0 Å². The van der Waals surface area contributed by atoms with Crippen molar-refractivity contribution in [3.8, 4) is 0 Å². The van der Waals surface area contributed by atoms with Gasteiger partial charge in [-0.25, -0.2) is 28.8 Å². The van der Waals surface area contributed by atoms with E-state index in [2.05, 4.69) is 0 Å². The molecule has 0 atom stereocenters. The minimum Gasteiger partial charge on any atom is -0.473 e. The van der Waals surface area contributed by atoms with E-state index in [0.717, 1.165) is 0 Å². The summed E-state index contributed by atoms with van der Waals surface area (Å²) in [6.07, 6.45) is 0. The predicted octanol–water partition coefficient (Wildman–Crippen LogP) is -7.49. The summed E-state index contributed by atoms with van der Waals surface area (Å²) >= 11 is 0. The zero-order valence-electron chi connectivity index (χ0n) is 11.8. The Morgan fingerprint density at radius 3 is 0.346 bits per heavy atom. The molecule has 0 aromatic rings.